The zero-order valence-electron chi connectivity index (χ0n) is 12.4. The fourth-order valence-electron chi connectivity index (χ4n) is 1.98. The summed E-state index contributed by atoms with van der Waals surface area (Å²) in [7, 11) is 0. The van der Waals surface area contributed by atoms with Crippen molar-refractivity contribution in [1.29, 1.82) is 0 Å². The number of hydrogen-bond acceptors (Lipinski definition) is 3. The van der Waals surface area contributed by atoms with Gasteiger partial charge >= 0.3 is 0 Å². The van der Waals surface area contributed by atoms with Gasteiger partial charge in [0.2, 0.25) is 0 Å². The summed E-state index contributed by atoms with van der Waals surface area (Å²) in [5.74, 6) is 0. The van der Waals surface area contributed by atoms with Gasteiger partial charge in [-0.1, -0.05) is 60.7 Å². The van der Waals surface area contributed by atoms with Gasteiger partial charge < -0.3 is 10.4 Å². The highest BCUT2D eigenvalue weighted by molar-refractivity contribution is 5.15. The Kier molecular flexibility index (Phi) is 6.95. The first-order valence-electron chi connectivity index (χ1n) is 7.50. The van der Waals surface area contributed by atoms with Gasteiger partial charge in [0, 0.05) is 32.7 Å². The van der Waals surface area contributed by atoms with E-state index < -0.39 is 0 Å². The molecule has 0 saturated carbocycles. The smallest absolute Gasteiger partial charge is 0.0556 e. The molecule has 3 heteroatoms. The molecule has 1 aliphatic heterocycles. The topological polar surface area (TPSA) is 35.3 Å². The third-order valence-electron chi connectivity index (χ3n) is 3.25. The van der Waals surface area contributed by atoms with E-state index in [4.69, 9.17) is 5.11 Å². The van der Waals surface area contributed by atoms with Crippen molar-refractivity contribution in [3.05, 3.63) is 71.8 Å². The molecule has 0 radical (unpaired) electrons. The summed E-state index contributed by atoms with van der Waals surface area (Å²) < 4.78 is 0. The molecule has 3 rings (SSSR count). The molecule has 0 unspecified atom stereocenters. The molecule has 0 atom stereocenters. The van der Waals surface area contributed by atoms with Gasteiger partial charge in [0.05, 0.1) is 6.61 Å². The van der Waals surface area contributed by atoms with E-state index in [1.807, 2.05) is 18.2 Å². The van der Waals surface area contributed by atoms with Crippen LogP contribution < -0.4 is 5.32 Å². The lowest BCUT2D eigenvalue weighted by Gasteiger charge is -2.01. The first-order valence-corrected chi connectivity index (χ1v) is 7.50. The van der Waals surface area contributed by atoms with Gasteiger partial charge in [-0.05, 0) is 11.1 Å². The van der Waals surface area contributed by atoms with Crippen molar-refractivity contribution in [2.24, 2.45) is 0 Å². The highest BCUT2D eigenvalue weighted by Gasteiger charge is 2.16. The average Bonchev–Trinajstić information content (AvgIpc) is 3.34. The van der Waals surface area contributed by atoms with E-state index in [0.29, 0.717) is 6.54 Å². The Bertz CT molecular complexity index is 483. The second-order valence-electron chi connectivity index (χ2n) is 5.15. The Hall–Kier alpha value is -1.68. The second-order valence-corrected chi connectivity index (χ2v) is 5.15. The molecule has 1 aliphatic rings. The largest absolute Gasteiger partial charge is 0.395 e. The molecule has 112 valence electrons. The number of rotatable bonds is 6. The highest BCUT2D eigenvalue weighted by Crippen LogP contribution is 2.10. The van der Waals surface area contributed by atoms with E-state index in [1.165, 1.54) is 24.2 Å². The van der Waals surface area contributed by atoms with Crippen LogP contribution in [0.3, 0.4) is 0 Å². The standard InChI is InChI=1S/C9H13NO.C9H11N/c11-7-6-10-8-9-4-2-1-3-5-9;1-2-4-9(5-3-1)8-10-6-7-10/h1-5,10-11H,6-8H2;1-5H,6-8H2. The molecule has 2 N–H and O–H groups in total. The molecule has 3 nitrogen and oxygen atoms in total. The third kappa shape index (κ3) is 7.04. The third-order valence-corrected chi connectivity index (χ3v) is 3.25. The van der Waals surface area contributed by atoms with E-state index in [1.54, 1.807) is 0 Å². The van der Waals surface area contributed by atoms with Crippen LogP contribution in [0.5, 0.6) is 0 Å². The van der Waals surface area contributed by atoms with E-state index in [-0.39, 0.29) is 6.61 Å². The average molecular weight is 284 g/mol. The van der Waals surface area contributed by atoms with Crippen LogP contribution >= 0.6 is 0 Å². The van der Waals surface area contributed by atoms with Gasteiger partial charge in [0.25, 0.3) is 0 Å². The number of aliphatic hydroxyl groups excluding tert-OH is 1. The van der Waals surface area contributed by atoms with E-state index >= 15 is 0 Å². The van der Waals surface area contributed by atoms with Crippen molar-refractivity contribution in [3.63, 3.8) is 0 Å². The van der Waals surface area contributed by atoms with Crippen LogP contribution in [-0.4, -0.2) is 36.2 Å². The van der Waals surface area contributed by atoms with E-state index in [0.717, 1.165) is 13.1 Å². The Morgan fingerprint density at radius 1 is 0.857 bits per heavy atom. The summed E-state index contributed by atoms with van der Waals surface area (Å²) >= 11 is 0. The molecular formula is C18H24N2O. The minimum absolute atomic E-state index is 0.201. The molecule has 0 amide bonds. The Morgan fingerprint density at radius 2 is 1.43 bits per heavy atom. The Balaban J connectivity index is 0.000000154. The van der Waals surface area contributed by atoms with Crippen LogP contribution in [0.4, 0.5) is 0 Å². The van der Waals surface area contributed by atoms with Crippen molar-refractivity contribution in [2.75, 3.05) is 26.2 Å². The van der Waals surface area contributed by atoms with Crippen molar-refractivity contribution in [2.45, 2.75) is 13.1 Å². The monoisotopic (exact) mass is 284 g/mol. The zero-order valence-corrected chi connectivity index (χ0v) is 12.4. The minimum Gasteiger partial charge on any atom is -0.395 e. The molecule has 1 heterocycles. The first-order chi connectivity index (χ1) is 10.4. The lowest BCUT2D eigenvalue weighted by Crippen LogP contribution is -2.17. The summed E-state index contributed by atoms with van der Waals surface area (Å²) in [6.07, 6.45) is 0. The zero-order chi connectivity index (χ0) is 14.8. The highest BCUT2D eigenvalue weighted by atomic mass is 16.3. The summed E-state index contributed by atoms with van der Waals surface area (Å²) in [6, 6.07) is 20.7. The first kappa shape index (κ1) is 15.7. The van der Waals surface area contributed by atoms with Crippen molar-refractivity contribution in [1.82, 2.24) is 10.2 Å². The SMILES string of the molecule is OCCNCc1ccccc1.c1ccc(CN2CC2)cc1. The number of hydrogen-bond donors (Lipinski definition) is 2. The predicted molar refractivity (Wildman–Crippen MR) is 87.0 cm³/mol. The summed E-state index contributed by atoms with van der Waals surface area (Å²) in [4.78, 5) is 2.41. The maximum absolute atomic E-state index is 8.48. The molecule has 1 fully saturated rings. The molecular weight excluding hydrogens is 260 g/mol. The lowest BCUT2D eigenvalue weighted by atomic mass is 10.2. The van der Waals surface area contributed by atoms with Crippen LogP contribution in [0, 0.1) is 0 Å². The quantitative estimate of drug-likeness (QED) is 0.631. The van der Waals surface area contributed by atoms with Crippen LogP contribution in [0.15, 0.2) is 60.7 Å². The second kappa shape index (κ2) is 9.29. The number of nitrogens with zero attached hydrogens (tertiary/aromatic N) is 1. The molecule has 2 aromatic carbocycles. The number of aliphatic hydroxyl groups is 1. The summed E-state index contributed by atoms with van der Waals surface area (Å²) in [5, 5.41) is 11.6. The molecule has 2 aromatic rings. The van der Waals surface area contributed by atoms with Gasteiger partial charge in [0.15, 0.2) is 0 Å². The summed E-state index contributed by atoms with van der Waals surface area (Å²) in [6.45, 7) is 5.41. The van der Waals surface area contributed by atoms with E-state index in [9.17, 15) is 0 Å². The van der Waals surface area contributed by atoms with Crippen LogP contribution in [-0.2, 0) is 13.1 Å². The maximum atomic E-state index is 8.48. The van der Waals surface area contributed by atoms with Crippen molar-refractivity contribution < 1.29 is 5.11 Å². The van der Waals surface area contributed by atoms with Crippen LogP contribution in [0.1, 0.15) is 11.1 Å². The predicted octanol–water partition coefficient (Wildman–Crippen LogP) is 2.27. The Morgan fingerprint density at radius 3 is 1.95 bits per heavy atom. The molecule has 0 bridgehead atoms. The fourth-order valence-corrected chi connectivity index (χ4v) is 1.98. The van der Waals surface area contributed by atoms with Crippen LogP contribution in [0.2, 0.25) is 0 Å². The van der Waals surface area contributed by atoms with Gasteiger partial charge in [0.1, 0.15) is 0 Å². The molecule has 0 aliphatic carbocycles. The minimum atomic E-state index is 0.201. The van der Waals surface area contributed by atoms with Gasteiger partial charge in [-0.3, -0.25) is 4.90 Å². The van der Waals surface area contributed by atoms with Gasteiger partial charge in [-0.2, -0.15) is 0 Å². The summed E-state index contributed by atoms with van der Waals surface area (Å²) in [5.41, 5.74) is 2.68. The van der Waals surface area contributed by atoms with Crippen molar-refractivity contribution >= 4 is 0 Å². The lowest BCUT2D eigenvalue weighted by molar-refractivity contribution is 0.292. The van der Waals surface area contributed by atoms with Crippen LogP contribution in [0.25, 0.3) is 0 Å². The normalized spacial score (nSPS) is 13.4. The van der Waals surface area contributed by atoms with E-state index in [2.05, 4.69) is 52.7 Å². The van der Waals surface area contributed by atoms with Crippen molar-refractivity contribution in [3.8, 4) is 0 Å². The molecule has 0 aromatic heterocycles. The fraction of sp³-hybridized carbons (Fsp3) is 0.333. The molecule has 1 saturated heterocycles. The van der Waals surface area contributed by atoms with Gasteiger partial charge in [-0.25, -0.2) is 0 Å². The van der Waals surface area contributed by atoms with Gasteiger partial charge in [-0.15, -0.1) is 0 Å². The number of nitrogens with one attached hydrogen (secondary N) is 1. The molecule has 0 spiro atoms. The molecule has 21 heavy (non-hydrogen) atoms. The number of benzene rings is 2. The maximum Gasteiger partial charge on any atom is 0.0556 e. The Labute approximate surface area is 127 Å².